The number of nitrogens with zero attached hydrogens (tertiary/aromatic N) is 2. The monoisotopic (exact) mass is 282 g/mol. The fraction of sp³-hybridized carbons (Fsp3) is 0.250. The molecule has 1 aromatic heterocycles. The summed E-state index contributed by atoms with van der Waals surface area (Å²) < 4.78 is 15.8. The first-order valence-electron chi connectivity index (χ1n) is 5.12. The van der Waals surface area contributed by atoms with Gasteiger partial charge < -0.3 is 4.57 Å². The highest BCUT2D eigenvalue weighted by Gasteiger charge is 2.07. The van der Waals surface area contributed by atoms with Crippen LogP contribution in [0, 0.1) is 12.7 Å². The smallest absolute Gasteiger partial charge is 0.139 e. The third-order valence-corrected chi connectivity index (χ3v) is 3.04. The van der Waals surface area contributed by atoms with Crippen molar-refractivity contribution >= 4 is 15.9 Å². The third kappa shape index (κ3) is 2.02. The van der Waals surface area contributed by atoms with Gasteiger partial charge in [0.25, 0.3) is 0 Å². The van der Waals surface area contributed by atoms with Crippen LogP contribution in [0.1, 0.15) is 18.4 Å². The number of aromatic nitrogens is 2. The summed E-state index contributed by atoms with van der Waals surface area (Å²) in [7, 11) is 0. The Morgan fingerprint density at radius 1 is 1.44 bits per heavy atom. The Labute approximate surface area is 102 Å². The van der Waals surface area contributed by atoms with E-state index in [1.54, 1.807) is 6.07 Å². The summed E-state index contributed by atoms with van der Waals surface area (Å²) in [5.74, 6) is 0.685. The third-order valence-electron chi connectivity index (χ3n) is 2.40. The summed E-state index contributed by atoms with van der Waals surface area (Å²) in [5, 5.41) is 0. The molecule has 16 heavy (non-hydrogen) atoms. The van der Waals surface area contributed by atoms with Gasteiger partial charge in [-0.05, 0) is 41.1 Å². The van der Waals surface area contributed by atoms with E-state index >= 15 is 0 Å². The van der Waals surface area contributed by atoms with Crippen molar-refractivity contribution < 1.29 is 4.39 Å². The molecule has 0 spiro atoms. The minimum Gasteiger partial charge on any atom is -0.303 e. The summed E-state index contributed by atoms with van der Waals surface area (Å²) in [6.07, 6.45) is 2.74. The van der Waals surface area contributed by atoms with Gasteiger partial charge in [0.05, 0.1) is 10.2 Å². The van der Waals surface area contributed by atoms with Gasteiger partial charge in [-0.1, -0.05) is 6.92 Å². The van der Waals surface area contributed by atoms with Crippen LogP contribution in [0.4, 0.5) is 4.39 Å². The van der Waals surface area contributed by atoms with Crippen molar-refractivity contribution in [3.8, 4) is 5.69 Å². The maximum atomic E-state index is 13.4. The molecule has 1 heterocycles. The standard InChI is InChI=1S/C12H12BrFN2/c1-3-12-15-8(2)7-16(12)9-4-5-10(13)11(14)6-9/h4-7H,3H2,1-2H3. The highest BCUT2D eigenvalue weighted by atomic mass is 79.9. The van der Waals surface area contributed by atoms with Crippen molar-refractivity contribution in [1.29, 1.82) is 0 Å². The number of imidazole rings is 1. The van der Waals surface area contributed by atoms with E-state index in [2.05, 4.69) is 20.9 Å². The Bertz CT molecular complexity index is 520. The number of rotatable bonds is 2. The maximum absolute atomic E-state index is 13.4. The molecule has 0 saturated heterocycles. The number of halogens is 2. The van der Waals surface area contributed by atoms with Gasteiger partial charge in [0.15, 0.2) is 0 Å². The molecule has 2 rings (SSSR count). The topological polar surface area (TPSA) is 17.8 Å². The second-order valence-corrected chi connectivity index (χ2v) is 4.47. The maximum Gasteiger partial charge on any atom is 0.139 e. The average Bonchev–Trinajstić information content (AvgIpc) is 2.63. The summed E-state index contributed by atoms with van der Waals surface area (Å²) in [6, 6.07) is 5.08. The Morgan fingerprint density at radius 2 is 2.19 bits per heavy atom. The molecule has 0 amide bonds. The van der Waals surface area contributed by atoms with E-state index in [1.165, 1.54) is 6.07 Å². The van der Waals surface area contributed by atoms with Crippen LogP contribution in [0.5, 0.6) is 0 Å². The van der Waals surface area contributed by atoms with E-state index in [0.717, 1.165) is 23.6 Å². The van der Waals surface area contributed by atoms with Crippen LogP contribution >= 0.6 is 15.9 Å². The van der Waals surface area contributed by atoms with Gasteiger partial charge in [0.2, 0.25) is 0 Å². The van der Waals surface area contributed by atoms with E-state index in [-0.39, 0.29) is 5.82 Å². The molecule has 0 aliphatic heterocycles. The molecular weight excluding hydrogens is 271 g/mol. The van der Waals surface area contributed by atoms with Crippen molar-refractivity contribution in [3.63, 3.8) is 0 Å². The molecule has 0 atom stereocenters. The largest absolute Gasteiger partial charge is 0.303 e. The molecular formula is C12H12BrFN2. The zero-order chi connectivity index (χ0) is 11.7. The summed E-state index contributed by atoms with van der Waals surface area (Å²) in [4.78, 5) is 4.39. The highest BCUT2D eigenvalue weighted by molar-refractivity contribution is 9.10. The molecule has 84 valence electrons. The van der Waals surface area contributed by atoms with Crippen molar-refractivity contribution in [3.05, 3.63) is 46.2 Å². The van der Waals surface area contributed by atoms with Crippen LogP contribution in [0.15, 0.2) is 28.9 Å². The van der Waals surface area contributed by atoms with Crippen LogP contribution in [0.3, 0.4) is 0 Å². The molecule has 2 aromatic rings. The molecule has 0 aliphatic carbocycles. The quantitative estimate of drug-likeness (QED) is 0.822. The number of hydrogen-bond donors (Lipinski definition) is 0. The van der Waals surface area contributed by atoms with Crippen LogP contribution in [-0.4, -0.2) is 9.55 Å². The van der Waals surface area contributed by atoms with Gasteiger partial charge in [-0.3, -0.25) is 0 Å². The Balaban J connectivity index is 2.53. The molecule has 0 unspecified atom stereocenters. The van der Waals surface area contributed by atoms with Crippen molar-refractivity contribution in [2.24, 2.45) is 0 Å². The Morgan fingerprint density at radius 3 is 2.81 bits per heavy atom. The van der Waals surface area contributed by atoms with E-state index < -0.39 is 0 Å². The number of aryl methyl sites for hydroxylation is 2. The highest BCUT2D eigenvalue weighted by Crippen LogP contribution is 2.20. The zero-order valence-electron chi connectivity index (χ0n) is 9.17. The number of hydrogen-bond acceptors (Lipinski definition) is 1. The number of benzene rings is 1. The molecule has 0 fully saturated rings. The lowest BCUT2D eigenvalue weighted by Gasteiger charge is -2.06. The molecule has 0 radical (unpaired) electrons. The molecule has 0 aliphatic rings. The fourth-order valence-electron chi connectivity index (χ4n) is 1.66. The van der Waals surface area contributed by atoms with Gasteiger partial charge in [-0.25, -0.2) is 9.37 Å². The Kier molecular flexibility index (Phi) is 3.10. The molecule has 1 aromatic carbocycles. The van der Waals surface area contributed by atoms with Gasteiger partial charge in [0, 0.05) is 18.3 Å². The SMILES string of the molecule is CCc1nc(C)cn1-c1ccc(Br)c(F)c1. The predicted octanol–water partition coefficient (Wildman–Crippen LogP) is 3.64. The molecule has 4 heteroatoms. The first kappa shape index (κ1) is 11.3. The summed E-state index contributed by atoms with van der Waals surface area (Å²) in [6.45, 7) is 3.97. The predicted molar refractivity (Wildman–Crippen MR) is 65.3 cm³/mol. The molecule has 0 N–H and O–H groups in total. The van der Waals surface area contributed by atoms with Crippen LogP contribution in [0.2, 0.25) is 0 Å². The minimum absolute atomic E-state index is 0.258. The van der Waals surface area contributed by atoms with Crippen LogP contribution < -0.4 is 0 Å². The summed E-state index contributed by atoms with van der Waals surface area (Å²) >= 11 is 3.14. The molecule has 0 saturated carbocycles. The van der Waals surface area contributed by atoms with E-state index in [9.17, 15) is 4.39 Å². The first-order chi connectivity index (χ1) is 7.61. The lowest BCUT2D eigenvalue weighted by molar-refractivity contribution is 0.619. The van der Waals surface area contributed by atoms with E-state index in [1.807, 2.05) is 30.7 Å². The van der Waals surface area contributed by atoms with Crippen LogP contribution in [0.25, 0.3) is 5.69 Å². The fourth-order valence-corrected chi connectivity index (χ4v) is 1.90. The minimum atomic E-state index is -0.258. The normalized spacial score (nSPS) is 10.8. The van der Waals surface area contributed by atoms with Gasteiger partial charge >= 0.3 is 0 Å². The van der Waals surface area contributed by atoms with E-state index in [0.29, 0.717) is 4.47 Å². The lowest BCUT2D eigenvalue weighted by Crippen LogP contribution is -1.99. The molecule has 0 bridgehead atoms. The van der Waals surface area contributed by atoms with Crippen LogP contribution in [-0.2, 0) is 6.42 Å². The Hall–Kier alpha value is -1.16. The summed E-state index contributed by atoms with van der Waals surface area (Å²) in [5.41, 5.74) is 1.75. The second-order valence-electron chi connectivity index (χ2n) is 3.62. The van der Waals surface area contributed by atoms with Crippen molar-refractivity contribution in [2.75, 3.05) is 0 Å². The van der Waals surface area contributed by atoms with Gasteiger partial charge in [-0.15, -0.1) is 0 Å². The zero-order valence-corrected chi connectivity index (χ0v) is 10.8. The van der Waals surface area contributed by atoms with Crippen molar-refractivity contribution in [2.45, 2.75) is 20.3 Å². The van der Waals surface area contributed by atoms with Crippen molar-refractivity contribution in [1.82, 2.24) is 9.55 Å². The average molecular weight is 283 g/mol. The second kappa shape index (κ2) is 4.37. The van der Waals surface area contributed by atoms with E-state index in [4.69, 9.17) is 0 Å². The first-order valence-corrected chi connectivity index (χ1v) is 5.91. The van der Waals surface area contributed by atoms with Gasteiger partial charge in [0.1, 0.15) is 11.6 Å². The van der Waals surface area contributed by atoms with Gasteiger partial charge in [-0.2, -0.15) is 0 Å². The molecule has 2 nitrogen and oxygen atoms in total. The lowest BCUT2D eigenvalue weighted by atomic mass is 10.3.